The second kappa shape index (κ2) is 5.09. The summed E-state index contributed by atoms with van der Waals surface area (Å²) in [5, 5.41) is 0. The summed E-state index contributed by atoms with van der Waals surface area (Å²) < 4.78 is 1.08. The molecule has 0 N–H and O–H groups in total. The number of nitrogens with zero attached hydrogens (tertiary/aromatic N) is 1. The Morgan fingerprint density at radius 3 is 0.500 bits per heavy atom. The summed E-state index contributed by atoms with van der Waals surface area (Å²) in [7, 11) is 0. The van der Waals surface area contributed by atoms with Gasteiger partial charge >= 0.3 is 16.5 Å². The molecule has 0 aliphatic carbocycles. The van der Waals surface area contributed by atoms with Crippen LogP contribution in [0.2, 0.25) is 0 Å². The van der Waals surface area contributed by atoms with Gasteiger partial charge < -0.3 is 4.48 Å². The molecule has 0 aliphatic heterocycles. The molecule has 0 unspecified atom stereocenters. The molecule has 1 nitrogen and oxygen atoms in total. The van der Waals surface area contributed by atoms with Gasteiger partial charge in [-0.3, -0.25) is 0 Å². The van der Waals surface area contributed by atoms with Crippen molar-refractivity contribution in [3.05, 3.63) is 0 Å². The fourth-order valence-electron chi connectivity index (χ4n) is 6.04. The molecule has 0 rings (SSSR count). The van der Waals surface area contributed by atoms with Crippen LogP contribution < -0.4 is 0 Å². The van der Waals surface area contributed by atoms with Crippen molar-refractivity contribution in [2.75, 3.05) is 0 Å². The quantitative estimate of drug-likeness (QED) is 0.436. The third-order valence-electron chi connectivity index (χ3n) is 4.02. The Balaban J connectivity index is 0. The fourth-order valence-corrected chi connectivity index (χ4v) is 6.04. The molecule has 18 heavy (non-hydrogen) atoms. The monoisotopic (exact) mass is 300 g/mol. The van der Waals surface area contributed by atoms with Gasteiger partial charge in [0.1, 0.15) is 0 Å². The Morgan fingerprint density at radius 2 is 0.500 bits per heavy atom. The molecule has 0 saturated carbocycles. The molecular formula is C16H36NNi+3. The van der Waals surface area contributed by atoms with Crippen LogP contribution in [0.5, 0.6) is 0 Å². The predicted molar refractivity (Wildman–Crippen MR) is 79.3 cm³/mol. The van der Waals surface area contributed by atoms with Crippen LogP contribution in [0.25, 0.3) is 0 Å². The van der Waals surface area contributed by atoms with Gasteiger partial charge in [-0.1, -0.05) is 0 Å². The van der Waals surface area contributed by atoms with Crippen LogP contribution in [-0.2, 0) is 16.5 Å². The van der Waals surface area contributed by atoms with E-state index in [1.165, 1.54) is 0 Å². The van der Waals surface area contributed by atoms with Gasteiger partial charge in [0.15, 0.2) is 0 Å². The third-order valence-corrected chi connectivity index (χ3v) is 4.02. The first-order chi connectivity index (χ1) is 7.00. The molecule has 0 heterocycles. The van der Waals surface area contributed by atoms with Crippen LogP contribution in [0.3, 0.4) is 0 Å². The number of hydrogen-bond donors (Lipinski definition) is 0. The zero-order valence-electron chi connectivity index (χ0n) is 14.8. The zero-order valence-corrected chi connectivity index (χ0v) is 15.8. The Morgan fingerprint density at radius 1 is 0.389 bits per heavy atom. The molecule has 112 valence electrons. The molecule has 0 aromatic carbocycles. The predicted octanol–water partition coefficient (Wildman–Crippen LogP) is 4.99. The molecule has 2 heteroatoms. The first kappa shape index (κ1) is 20.8. The summed E-state index contributed by atoms with van der Waals surface area (Å²) in [5.74, 6) is 0. The molecule has 0 atom stereocenters. The first-order valence-electron chi connectivity index (χ1n) is 6.89. The maximum atomic E-state index is 2.38. The van der Waals surface area contributed by atoms with Crippen molar-refractivity contribution in [1.29, 1.82) is 0 Å². The second-order valence-corrected chi connectivity index (χ2v) is 9.35. The molecule has 0 radical (unpaired) electrons. The Labute approximate surface area is 126 Å². The largest absolute Gasteiger partial charge is 2.00 e. The summed E-state index contributed by atoms with van der Waals surface area (Å²) in [4.78, 5) is 0. The van der Waals surface area contributed by atoms with E-state index in [-0.39, 0.29) is 38.6 Å². The summed E-state index contributed by atoms with van der Waals surface area (Å²) in [5.41, 5.74) is 0.812. The Hall–Kier alpha value is 0.454. The van der Waals surface area contributed by atoms with E-state index < -0.39 is 0 Å². The van der Waals surface area contributed by atoms with Gasteiger partial charge in [0.2, 0.25) is 0 Å². The molecule has 0 aromatic heterocycles. The minimum absolute atomic E-state index is 0. The second-order valence-electron chi connectivity index (χ2n) is 9.35. The average molecular weight is 301 g/mol. The molecular weight excluding hydrogens is 265 g/mol. The summed E-state index contributed by atoms with van der Waals surface area (Å²) in [6.07, 6.45) is 0. The van der Waals surface area contributed by atoms with Crippen LogP contribution in [0.4, 0.5) is 0 Å². The average Bonchev–Trinajstić information content (AvgIpc) is 1.67. The van der Waals surface area contributed by atoms with Crippen molar-refractivity contribution in [3.63, 3.8) is 0 Å². The van der Waals surface area contributed by atoms with Crippen LogP contribution in [-0.4, -0.2) is 26.6 Å². The van der Waals surface area contributed by atoms with E-state index in [0.29, 0.717) is 0 Å². The first-order valence-corrected chi connectivity index (χ1v) is 6.89. The number of quaternary nitrogens is 1. The van der Waals surface area contributed by atoms with E-state index in [9.17, 15) is 0 Å². The van der Waals surface area contributed by atoms with Crippen LogP contribution in [0.15, 0.2) is 0 Å². The number of rotatable bonds is 0. The van der Waals surface area contributed by atoms with Gasteiger partial charge in [-0.15, -0.1) is 0 Å². The molecule has 0 spiro atoms. The standard InChI is InChI=1S/C16H36N.Ni/c1-13(2,3)17(14(4,5)6,15(7,8)9)16(10,11)12;/h1-12H3;/q+1;+2. The Bertz CT molecular complexity index is 204. The van der Waals surface area contributed by atoms with Crippen LogP contribution in [0, 0.1) is 0 Å². The van der Waals surface area contributed by atoms with Crippen molar-refractivity contribution in [1.82, 2.24) is 0 Å². The van der Waals surface area contributed by atoms with Crippen molar-refractivity contribution in [2.24, 2.45) is 0 Å². The third kappa shape index (κ3) is 2.96. The van der Waals surface area contributed by atoms with Crippen LogP contribution >= 0.6 is 0 Å². The van der Waals surface area contributed by atoms with Crippen molar-refractivity contribution in [2.45, 2.75) is 105 Å². The molecule has 0 aromatic rings. The normalized spacial score (nSPS) is 15.3. The minimum atomic E-state index is 0. The molecule has 0 amide bonds. The zero-order chi connectivity index (χ0) is 14.5. The van der Waals surface area contributed by atoms with Crippen LogP contribution in [0.1, 0.15) is 83.1 Å². The summed E-state index contributed by atoms with van der Waals surface area (Å²) in [6.45, 7) is 28.6. The summed E-state index contributed by atoms with van der Waals surface area (Å²) >= 11 is 0. The van der Waals surface area contributed by atoms with Crippen molar-refractivity contribution < 1.29 is 21.0 Å². The topological polar surface area (TPSA) is 0 Å². The molecule has 0 saturated heterocycles. The summed E-state index contributed by atoms with van der Waals surface area (Å²) in [6, 6.07) is 0. The smallest absolute Gasteiger partial charge is 0.307 e. The van der Waals surface area contributed by atoms with E-state index in [1.54, 1.807) is 0 Å². The van der Waals surface area contributed by atoms with Gasteiger partial charge in [-0.25, -0.2) is 0 Å². The maximum Gasteiger partial charge on any atom is 2.00 e. The van der Waals surface area contributed by atoms with Gasteiger partial charge in [0, 0.05) is 0 Å². The van der Waals surface area contributed by atoms with E-state index in [0.717, 1.165) is 4.48 Å². The van der Waals surface area contributed by atoms with Crippen molar-refractivity contribution >= 4 is 0 Å². The van der Waals surface area contributed by atoms with Crippen molar-refractivity contribution in [3.8, 4) is 0 Å². The molecule has 0 bridgehead atoms. The van der Waals surface area contributed by atoms with E-state index in [4.69, 9.17) is 0 Å². The number of hydrogen-bond acceptors (Lipinski definition) is 0. The molecule has 0 fully saturated rings. The van der Waals surface area contributed by atoms with E-state index in [2.05, 4.69) is 83.1 Å². The maximum absolute atomic E-state index is 2.38. The van der Waals surface area contributed by atoms with Gasteiger partial charge in [-0.05, 0) is 83.1 Å². The van der Waals surface area contributed by atoms with Gasteiger partial charge in [-0.2, -0.15) is 0 Å². The Kier molecular flexibility index (Phi) is 5.88. The van der Waals surface area contributed by atoms with E-state index >= 15 is 0 Å². The van der Waals surface area contributed by atoms with E-state index in [1.807, 2.05) is 0 Å². The SMILES string of the molecule is CC(C)(C)[N+](C(C)(C)C)(C(C)(C)C)C(C)(C)C.[Ni+2]. The minimum Gasteiger partial charge on any atom is -0.307 e. The molecule has 0 aliphatic rings. The fraction of sp³-hybridized carbons (Fsp3) is 1.00. The van der Waals surface area contributed by atoms with Gasteiger partial charge in [0.05, 0.1) is 22.2 Å². The van der Waals surface area contributed by atoms with Gasteiger partial charge in [0.25, 0.3) is 0 Å².